The number of H-pyrrole nitrogens is 2. The Bertz CT molecular complexity index is 1530. The molecule has 2 aliphatic rings. The van der Waals surface area contributed by atoms with Crippen molar-refractivity contribution in [3.8, 4) is 0 Å². The molecule has 0 aromatic carbocycles. The Morgan fingerprint density at radius 3 is 2.24 bits per heavy atom. The van der Waals surface area contributed by atoms with Crippen molar-refractivity contribution in [2.75, 3.05) is 33.5 Å². The molecule has 0 radical (unpaired) electrons. The maximum atomic E-state index is 12.9. The lowest BCUT2D eigenvalue weighted by molar-refractivity contribution is -0.0824. The molecular formula is C23H33N4O14P. The summed E-state index contributed by atoms with van der Waals surface area (Å²) in [5, 5.41) is 20.6. The summed E-state index contributed by atoms with van der Waals surface area (Å²) in [5.41, 5.74) is -2.40. The number of aromatic amines is 2. The number of aryl methyl sites for hydroxylation is 2. The Kier molecular flexibility index (Phi) is 10.1. The summed E-state index contributed by atoms with van der Waals surface area (Å²) in [6.07, 6.45) is -6.15. The number of rotatable bonds is 12. The zero-order valence-electron chi connectivity index (χ0n) is 22.9. The maximum Gasteiger partial charge on any atom is 0.472 e. The molecule has 8 atom stereocenters. The largest absolute Gasteiger partial charge is 0.472 e. The SMILES string of the molecule is COCCO[C@H]1C(O)[C@@H](COP(=O)(O)OC2C[C@H](n3cc(C)c(=O)[nH]c3=O)O[C@@H]2CO)O[C@H]1n1cc(C)c(=O)[nH]c1=O. The van der Waals surface area contributed by atoms with Crippen molar-refractivity contribution in [3.63, 3.8) is 0 Å². The second-order valence-corrected chi connectivity index (χ2v) is 11.2. The topological polar surface area (TPSA) is 243 Å². The number of aromatic nitrogens is 4. The minimum absolute atomic E-state index is 0.00760. The fraction of sp³-hybridized carbons (Fsp3) is 0.652. The molecular weight excluding hydrogens is 587 g/mol. The lowest BCUT2D eigenvalue weighted by atomic mass is 10.1. The molecule has 2 aromatic heterocycles. The number of nitrogens with zero attached hydrogens (tertiary/aromatic N) is 2. The van der Waals surface area contributed by atoms with E-state index in [0.29, 0.717) is 0 Å². The predicted octanol–water partition coefficient (Wildman–Crippen LogP) is -2.22. The van der Waals surface area contributed by atoms with E-state index in [1.165, 1.54) is 33.4 Å². The van der Waals surface area contributed by atoms with Crippen LogP contribution in [-0.4, -0.2) is 98.3 Å². The van der Waals surface area contributed by atoms with E-state index < -0.39 is 86.5 Å². The number of phosphoric ester groups is 1. The van der Waals surface area contributed by atoms with E-state index in [0.717, 1.165) is 9.13 Å². The van der Waals surface area contributed by atoms with Crippen molar-refractivity contribution < 1.29 is 47.7 Å². The number of hydrogen-bond acceptors (Lipinski definition) is 13. The zero-order valence-corrected chi connectivity index (χ0v) is 23.8. The minimum atomic E-state index is -4.88. The molecule has 0 bridgehead atoms. The van der Waals surface area contributed by atoms with Gasteiger partial charge >= 0.3 is 19.2 Å². The van der Waals surface area contributed by atoms with Crippen molar-refractivity contribution in [2.45, 2.75) is 63.2 Å². The van der Waals surface area contributed by atoms with E-state index in [-0.39, 0.29) is 30.8 Å². The van der Waals surface area contributed by atoms with Crippen molar-refractivity contribution >= 4 is 7.82 Å². The highest BCUT2D eigenvalue weighted by atomic mass is 31.2. The molecule has 2 fully saturated rings. The van der Waals surface area contributed by atoms with Gasteiger partial charge < -0.3 is 34.1 Å². The average molecular weight is 621 g/mol. The Labute approximate surface area is 237 Å². The van der Waals surface area contributed by atoms with Crippen molar-refractivity contribution in [1.29, 1.82) is 0 Å². The predicted molar refractivity (Wildman–Crippen MR) is 140 cm³/mol. The van der Waals surface area contributed by atoms with Gasteiger partial charge in [-0.1, -0.05) is 0 Å². The van der Waals surface area contributed by atoms with Gasteiger partial charge in [-0.05, 0) is 13.8 Å². The van der Waals surface area contributed by atoms with Crippen LogP contribution in [0.3, 0.4) is 0 Å². The van der Waals surface area contributed by atoms with Crippen LogP contribution in [-0.2, 0) is 32.6 Å². The molecule has 0 aliphatic carbocycles. The molecule has 18 nitrogen and oxygen atoms in total. The zero-order chi connectivity index (χ0) is 30.8. The molecule has 2 saturated heterocycles. The van der Waals surface area contributed by atoms with Crippen molar-refractivity contribution in [2.24, 2.45) is 0 Å². The van der Waals surface area contributed by atoms with Crippen LogP contribution >= 0.6 is 7.82 Å². The Morgan fingerprint density at radius 1 is 1.00 bits per heavy atom. The summed E-state index contributed by atoms with van der Waals surface area (Å²) in [6.45, 7) is 1.78. The molecule has 0 saturated carbocycles. The first-order chi connectivity index (χ1) is 19.8. The molecule has 2 aliphatic heterocycles. The third-order valence-electron chi connectivity index (χ3n) is 6.82. The summed E-state index contributed by atoms with van der Waals surface area (Å²) in [6, 6.07) is 0. The van der Waals surface area contributed by atoms with Gasteiger partial charge in [0.25, 0.3) is 11.1 Å². The Balaban J connectivity index is 1.45. The summed E-state index contributed by atoms with van der Waals surface area (Å²) in [5.74, 6) is 0. The van der Waals surface area contributed by atoms with Gasteiger partial charge in [0.15, 0.2) is 6.23 Å². The van der Waals surface area contributed by atoms with Gasteiger partial charge in [-0.2, -0.15) is 0 Å². The first-order valence-corrected chi connectivity index (χ1v) is 14.3. The molecule has 0 spiro atoms. The minimum Gasteiger partial charge on any atom is -0.394 e. The molecule has 19 heteroatoms. The van der Waals surface area contributed by atoms with Gasteiger partial charge in [-0.3, -0.25) is 37.7 Å². The lowest BCUT2D eigenvalue weighted by Crippen LogP contribution is -2.40. The van der Waals surface area contributed by atoms with Crippen LogP contribution < -0.4 is 22.5 Å². The fourth-order valence-corrected chi connectivity index (χ4v) is 5.58. The van der Waals surface area contributed by atoms with Crippen molar-refractivity contribution in [1.82, 2.24) is 19.1 Å². The highest BCUT2D eigenvalue weighted by Crippen LogP contribution is 2.49. The van der Waals surface area contributed by atoms with Gasteiger partial charge in [0.2, 0.25) is 0 Å². The van der Waals surface area contributed by atoms with E-state index in [1.54, 1.807) is 0 Å². The molecule has 42 heavy (non-hydrogen) atoms. The highest BCUT2D eigenvalue weighted by molar-refractivity contribution is 7.47. The van der Waals surface area contributed by atoms with Crippen LogP contribution in [0.2, 0.25) is 0 Å². The number of aliphatic hydroxyl groups excluding tert-OH is 2. The maximum absolute atomic E-state index is 12.9. The van der Waals surface area contributed by atoms with Gasteiger partial charge in [-0.15, -0.1) is 0 Å². The standard InChI is InChI=1S/C23H33N4O14P/c1-11-7-26(22(32)24-19(11)30)16-6-13(14(9-28)39-16)41-42(34,35)38-10-15-17(29)18(37-5-4-36-3)21(40-15)27-8-12(2)20(31)25-23(27)33/h7-8,13-18,21,28-29H,4-6,9-10H2,1-3H3,(H,34,35)(H,24,30,32)(H,25,31,33)/t13?,14-,15-,16-,17?,18+,21-/m1/s1. The average Bonchev–Trinajstić information content (AvgIpc) is 3.47. The first kappa shape index (κ1) is 32.2. The molecule has 3 unspecified atom stereocenters. The number of aliphatic hydroxyl groups is 2. The molecule has 5 N–H and O–H groups in total. The first-order valence-electron chi connectivity index (χ1n) is 12.9. The normalized spacial score (nSPS) is 29.1. The van der Waals surface area contributed by atoms with E-state index >= 15 is 0 Å². The monoisotopic (exact) mass is 620 g/mol. The number of nitrogens with one attached hydrogen (secondary N) is 2. The number of methoxy groups -OCH3 is 1. The molecule has 2 aromatic rings. The van der Waals surface area contributed by atoms with Crippen LogP contribution in [0.4, 0.5) is 0 Å². The smallest absolute Gasteiger partial charge is 0.394 e. The van der Waals surface area contributed by atoms with Gasteiger partial charge in [-0.25, -0.2) is 14.2 Å². The molecule has 234 valence electrons. The van der Waals surface area contributed by atoms with E-state index in [1.807, 2.05) is 0 Å². The third-order valence-corrected chi connectivity index (χ3v) is 7.83. The number of hydrogen-bond donors (Lipinski definition) is 5. The second-order valence-electron chi connectivity index (χ2n) is 9.80. The van der Waals surface area contributed by atoms with E-state index in [2.05, 4.69) is 9.97 Å². The number of ether oxygens (including phenoxy) is 4. The Hall–Kier alpha value is -2.77. The number of phosphoric acid groups is 1. The van der Waals surface area contributed by atoms with E-state index in [4.69, 9.17) is 28.0 Å². The molecule has 4 rings (SSSR count). The van der Waals surface area contributed by atoms with Crippen LogP contribution in [0.5, 0.6) is 0 Å². The van der Waals surface area contributed by atoms with Crippen LogP contribution in [0.25, 0.3) is 0 Å². The molecule has 4 heterocycles. The lowest BCUT2D eigenvalue weighted by Gasteiger charge is -2.22. The summed E-state index contributed by atoms with van der Waals surface area (Å²) >= 11 is 0. The summed E-state index contributed by atoms with van der Waals surface area (Å²) in [7, 11) is -3.45. The summed E-state index contributed by atoms with van der Waals surface area (Å²) in [4.78, 5) is 62.9. The Morgan fingerprint density at radius 2 is 1.62 bits per heavy atom. The fourth-order valence-electron chi connectivity index (χ4n) is 4.62. The quantitative estimate of drug-likeness (QED) is 0.125. The van der Waals surface area contributed by atoms with Gasteiger partial charge in [0.05, 0.1) is 26.4 Å². The second kappa shape index (κ2) is 13.3. The van der Waals surface area contributed by atoms with Crippen LogP contribution in [0.15, 0.2) is 31.6 Å². The van der Waals surface area contributed by atoms with E-state index in [9.17, 15) is 38.8 Å². The third kappa shape index (κ3) is 7.05. The van der Waals surface area contributed by atoms with Crippen molar-refractivity contribution in [3.05, 3.63) is 65.2 Å². The summed E-state index contributed by atoms with van der Waals surface area (Å²) < 4.78 is 47.3. The highest BCUT2D eigenvalue weighted by Gasteiger charge is 2.48. The van der Waals surface area contributed by atoms with Gasteiger partial charge in [0, 0.05) is 37.1 Å². The van der Waals surface area contributed by atoms with Crippen LogP contribution in [0, 0.1) is 13.8 Å². The van der Waals surface area contributed by atoms with Gasteiger partial charge in [0.1, 0.15) is 36.7 Å². The molecule has 0 amide bonds. The van der Waals surface area contributed by atoms with Crippen LogP contribution in [0.1, 0.15) is 30.0 Å².